The lowest BCUT2D eigenvalue weighted by atomic mass is 10.2. The summed E-state index contributed by atoms with van der Waals surface area (Å²) in [7, 11) is 0. The number of nitrogens with zero attached hydrogens (tertiary/aromatic N) is 1. The number of hydrogen-bond acceptors (Lipinski definition) is 6. The molecule has 0 aliphatic heterocycles. The van der Waals surface area contributed by atoms with Gasteiger partial charge < -0.3 is 14.8 Å². The molecule has 32 heavy (non-hydrogen) atoms. The first kappa shape index (κ1) is 24.4. The van der Waals surface area contributed by atoms with Gasteiger partial charge in [0.15, 0.2) is 6.61 Å². The maximum atomic E-state index is 12.7. The number of nitrogens with one attached hydrogen (secondary N) is 2. The summed E-state index contributed by atoms with van der Waals surface area (Å²) in [6.45, 7) is 1.66. The molecule has 0 spiro atoms. The van der Waals surface area contributed by atoms with Crippen molar-refractivity contribution in [2.75, 3.05) is 18.5 Å². The van der Waals surface area contributed by atoms with E-state index in [0.29, 0.717) is 11.3 Å². The van der Waals surface area contributed by atoms with Crippen LogP contribution in [0.1, 0.15) is 24.5 Å². The molecule has 0 fully saturated rings. The molecular formula is C21H20F3N3O5. The largest absolute Gasteiger partial charge is 0.482 e. The topological polar surface area (TPSA) is 106 Å². The summed E-state index contributed by atoms with van der Waals surface area (Å²) < 4.78 is 48.2. The van der Waals surface area contributed by atoms with E-state index in [1.807, 2.05) is 0 Å². The fourth-order valence-corrected chi connectivity index (χ4v) is 2.37. The minimum absolute atomic E-state index is 0.0826. The van der Waals surface area contributed by atoms with Gasteiger partial charge in [0.05, 0.1) is 18.4 Å². The number of hydrogen-bond donors (Lipinski definition) is 2. The first-order valence-corrected chi connectivity index (χ1v) is 9.35. The molecule has 0 bridgehead atoms. The van der Waals surface area contributed by atoms with Gasteiger partial charge in [0.25, 0.3) is 0 Å². The molecule has 0 aliphatic carbocycles. The van der Waals surface area contributed by atoms with Crippen LogP contribution in [0.25, 0.3) is 0 Å². The van der Waals surface area contributed by atoms with Crippen LogP contribution in [0.2, 0.25) is 0 Å². The molecule has 0 radical (unpaired) electrons. The van der Waals surface area contributed by atoms with Gasteiger partial charge in [-0.25, -0.2) is 10.2 Å². The first-order valence-electron chi connectivity index (χ1n) is 9.35. The zero-order valence-electron chi connectivity index (χ0n) is 16.9. The molecule has 0 aliphatic rings. The van der Waals surface area contributed by atoms with Crippen LogP contribution < -0.4 is 15.5 Å². The van der Waals surface area contributed by atoms with Crippen molar-refractivity contribution in [2.24, 2.45) is 5.10 Å². The van der Waals surface area contributed by atoms with Crippen molar-refractivity contribution in [3.63, 3.8) is 0 Å². The average molecular weight is 451 g/mol. The van der Waals surface area contributed by atoms with Gasteiger partial charge in [-0.15, -0.1) is 0 Å². The van der Waals surface area contributed by atoms with Crippen LogP contribution in [0.5, 0.6) is 5.75 Å². The second-order valence-corrected chi connectivity index (χ2v) is 6.26. The van der Waals surface area contributed by atoms with Crippen molar-refractivity contribution < 1.29 is 37.0 Å². The summed E-state index contributed by atoms with van der Waals surface area (Å²) in [6, 6.07) is 10.5. The first-order chi connectivity index (χ1) is 15.2. The fraction of sp³-hybridized carbons (Fsp3) is 0.238. The molecule has 2 aromatic carbocycles. The SMILES string of the molecule is CCOC(=O)COc1cccc(C=NNC(=O)CC(=O)Nc2cccc(C(F)(F)F)c2)c1. The van der Waals surface area contributed by atoms with E-state index in [2.05, 4.69) is 15.8 Å². The highest BCUT2D eigenvalue weighted by molar-refractivity contribution is 6.03. The number of alkyl halides is 3. The Morgan fingerprint density at radius 1 is 1.06 bits per heavy atom. The summed E-state index contributed by atoms with van der Waals surface area (Å²) >= 11 is 0. The summed E-state index contributed by atoms with van der Waals surface area (Å²) in [4.78, 5) is 35.0. The molecule has 2 aromatic rings. The Balaban J connectivity index is 1.83. The van der Waals surface area contributed by atoms with Gasteiger partial charge in [0.2, 0.25) is 11.8 Å². The lowest BCUT2D eigenvalue weighted by molar-refractivity contribution is -0.145. The van der Waals surface area contributed by atoms with Gasteiger partial charge in [0.1, 0.15) is 12.2 Å². The second kappa shape index (κ2) is 11.5. The predicted octanol–water partition coefficient (Wildman–Crippen LogP) is 3.13. The average Bonchev–Trinajstić information content (AvgIpc) is 2.72. The van der Waals surface area contributed by atoms with Crippen LogP contribution in [0.15, 0.2) is 53.6 Å². The number of amides is 2. The summed E-state index contributed by atoms with van der Waals surface area (Å²) in [5.74, 6) is -1.69. The van der Waals surface area contributed by atoms with Crippen molar-refractivity contribution in [3.05, 3.63) is 59.7 Å². The quantitative estimate of drug-likeness (QED) is 0.264. The van der Waals surface area contributed by atoms with Gasteiger partial charge in [-0.05, 0) is 42.8 Å². The normalized spacial score (nSPS) is 11.1. The predicted molar refractivity (Wildman–Crippen MR) is 109 cm³/mol. The Morgan fingerprint density at radius 2 is 1.81 bits per heavy atom. The number of carbonyl (C=O) groups excluding carboxylic acids is 3. The maximum Gasteiger partial charge on any atom is 0.416 e. The van der Waals surface area contributed by atoms with E-state index in [0.717, 1.165) is 18.2 Å². The zero-order chi connectivity index (χ0) is 23.6. The Kier molecular flexibility index (Phi) is 8.75. The molecule has 2 rings (SSSR count). The van der Waals surface area contributed by atoms with Crippen LogP contribution in [0.4, 0.5) is 18.9 Å². The molecule has 0 atom stereocenters. The Morgan fingerprint density at radius 3 is 2.53 bits per heavy atom. The van der Waals surface area contributed by atoms with Gasteiger partial charge in [-0.3, -0.25) is 9.59 Å². The van der Waals surface area contributed by atoms with Crippen LogP contribution in [-0.4, -0.2) is 37.2 Å². The monoisotopic (exact) mass is 451 g/mol. The molecule has 2 N–H and O–H groups in total. The minimum atomic E-state index is -4.55. The van der Waals surface area contributed by atoms with Crippen LogP contribution in [0.3, 0.4) is 0 Å². The third-order valence-electron chi connectivity index (χ3n) is 3.72. The lowest BCUT2D eigenvalue weighted by Gasteiger charge is -2.09. The van der Waals surface area contributed by atoms with E-state index in [-0.39, 0.29) is 18.9 Å². The third kappa shape index (κ3) is 8.46. The Hall–Kier alpha value is -3.89. The minimum Gasteiger partial charge on any atom is -0.482 e. The number of anilines is 1. The van der Waals surface area contributed by atoms with Crippen LogP contribution in [0, 0.1) is 0 Å². The summed E-state index contributed by atoms with van der Waals surface area (Å²) in [5.41, 5.74) is 1.69. The van der Waals surface area contributed by atoms with E-state index in [9.17, 15) is 27.6 Å². The molecule has 11 heteroatoms. The Bertz CT molecular complexity index is 993. The van der Waals surface area contributed by atoms with E-state index < -0.39 is 35.9 Å². The Labute approximate surface area is 181 Å². The fourth-order valence-electron chi connectivity index (χ4n) is 2.37. The third-order valence-corrected chi connectivity index (χ3v) is 3.72. The van der Waals surface area contributed by atoms with Gasteiger partial charge in [0, 0.05) is 5.69 Å². The number of halogens is 3. The number of benzene rings is 2. The number of rotatable bonds is 9. The molecule has 0 saturated heterocycles. The van der Waals surface area contributed by atoms with Crippen molar-refractivity contribution >= 4 is 29.7 Å². The summed E-state index contributed by atoms with van der Waals surface area (Å²) in [5, 5.41) is 5.94. The van der Waals surface area contributed by atoms with Crippen molar-refractivity contribution in [1.29, 1.82) is 0 Å². The number of ether oxygens (including phenoxy) is 2. The highest BCUT2D eigenvalue weighted by Gasteiger charge is 2.30. The molecule has 0 saturated carbocycles. The zero-order valence-corrected chi connectivity index (χ0v) is 16.9. The van der Waals surface area contributed by atoms with Crippen LogP contribution >= 0.6 is 0 Å². The number of esters is 1. The van der Waals surface area contributed by atoms with Crippen molar-refractivity contribution in [1.82, 2.24) is 5.43 Å². The maximum absolute atomic E-state index is 12.7. The van der Waals surface area contributed by atoms with E-state index in [1.54, 1.807) is 31.2 Å². The highest BCUT2D eigenvalue weighted by atomic mass is 19.4. The van der Waals surface area contributed by atoms with E-state index in [4.69, 9.17) is 9.47 Å². The molecule has 0 aromatic heterocycles. The van der Waals surface area contributed by atoms with Gasteiger partial charge in [-0.1, -0.05) is 18.2 Å². The van der Waals surface area contributed by atoms with E-state index >= 15 is 0 Å². The van der Waals surface area contributed by atoms with Gasteiger partial charge in [-0.2, -0.15) is 18.3 Å². The molecular weight excluding hydrogens is 431 g/mol. The standard InChI is InChI=1S/C21H20F3N3O5/c1-2-31-20(30)13-32-17-8-3-5-14(9-17)12-25-27-19(29)11-18(28)26-16-7-4-6-15(10-16)21(22,23)24/h3-10,12H,2,11,13H2,1H3,(H,26,28)(H,27,29). The van der Waals surface area contributed by atoms with Crippen molar-refractivity contribution in [3.8, 4) is 5.75 Å². The molecule has 0 heterocycles. The number of hydrazone groups is 1. The molecule has 0 unspecified atom stereocenters. The van der Waals surface area contributed by atoms with E-state index in [1.165, 1.54) is 12.3 Å². The highest BCUT2D eigenvalue weighted by Crippen LogP contribution is 2.30. The smallest absolute Gasteiger partial charge is 0.416 e. The molecule has 8 nitrogen and oxygen atoms in total. The summed E-state index contributed by atoms with van der Waals surface area (Å²) in [6.07, 6.45) is -3.90. The van der Waals surface area contributed by atoms with Crippen molar-refractivity contribution in [2.45, 2.75) is 19.5 Å². The van der Waals surface area contributed by atoms with Crippen LogP contribution in [-0.2, 0) is 25.3 Å². The lowest BCUT2D eigenvalue weighted by Crippen LogP contribution is -2.24. The van der Waals surface area contributed by atoms with Gasteiger partial charge >= 0.3 is 12.1 Å². The number of carbonyl (C=O) groups is 3. The molecule has 2 amide bonds. The second-order valence-electron chi connectivity index (χ2n) is 6.26. The molecule has 170 valence electrons.